The molecular formula is C18H24N6. The molecular weight excluding hydrogens is 300 g/mol. The Bertz CT molecular complexity index is 862. The first-order valence-electron chi connectivity index (χ1n) is 8.65. The van der Waals surface area contributed by atoms with Gasteiger partial charge < -0.3 is 4.40 Å². The molecule has 4 rings (SSSR count). The highest BCUT2D eigenvalue weighted by atomic mass is 15.4. The van der Waals surface area contributed by atoms with Gasteiger partial charge in [0.05, 0.1) is 12.2 Å². The van der Waals surface area contributed by atoms with Crippen molar-refractivity contribution in [3.05, 3.63) is 47.4 Å². The van der Waals surface area contributed by atoms with Gasteiger partial charge in [0.25, 0.3) is 0 Å². The van der Waals surface area contributed by atoms with E-state index >= 15 is 0 Å². The minimum atomic E-state index is 0.510. The molecule has 24 heavy (non-hydrogen) atoms. The van der Waals surface area contributed by atoms with Crippen molar-refractivity contribution in [2.75, 3.05) is 6.54 Å². The van der Waals surface area contributed by atoms with Crippen molar-refractivity contribution in [2.45, 2.75) is 52.7 Å². The number of aryl methyl sites for hydroxylation is 3. The van der Waals surface area contributed by atoms with E-state index in [1.807, 2.05) is 18.5 Å². The van der Waals surface area contributed by atoms with E-state index in [1.54, 1.807) is 0 Å². The van der Waals surface area contributed by atoms with Crippen molar-refractivity contribution in [3.63, 3.8) is 0 Å². The summed E-state index contributed by atoms with van der Waals surface area (Å²) in [7, 11) is 0. The van der Waals surface area contributed by atoms with Crippen LogP contribution in [0.3, 0.4) is 0 Å². The lowest BCUT2D eigenvalue weighted by Crippen LogP contribution is -2.33. The van der Waals surface area contributed by atoms with Crippen LogP contribution in [0.1, 0.15) is 35.7 Å². The number of rotatable bonds is 4. The van der Waals surface area contributed by atoms with Gasteiger partial charge in [-0.2, -0.15) is 5.10 Å². The highest BCUT2D eigenvalue weighted by molar-refractivity contribution is 5.47. The maximum atomic E-state index is 4.83. The quantitative estimate of drug-likeness (QED) is 0.740. The zero-order valence-electron chi connectivity index (χ0n) is 14.6. The van der Waals surface area contributed by atoms with Crippen molar-refractivity contribution in [1.29, 1.82) is 0 Å². The summed E-state index contributed by atoms with van der Waals surface area (Å²) < 4.78 is 4.17. The van der Waals surface area contributed by atoms with Crippen LogP contribution in [0.2, 0.25) is 0 Å². The Balaban J connectivity index is 1.52. The van der Waals surface area contributed by atoms with Crippen molar-refractivity contribution >= 4 is 5.65 Å². The topological polar surface area (TPSA) is 51.2 Å². The third-order valence-corrected chi connectivity index (χ3v) is 4.94. The van der Waals surface area contributed by atoms with Crippen molar-refractivity contribution < 1.29 is 0 Å². The summed E-state index contributed by atoms with van der Waals surface area (Å²) in [5, 5.41) is 4.52. The molecule has 1 atom stereocenters. The molecule has 0 unspecified atom stereocenters. The number of imidazole rings is 1. The summed E-state index contributed by atoms with van der Waals surface area (Å²) in [6, 6.07) is 4.69. The molecule has 1 aliphatic rings. The van der Waals surface area contributed by atoms with E-state index < -0.39 is 0 Å². The summed E-state index contributed by atoms with van der Waals surface area (Å²) in [5.41, 5.74) is 3.42. The lowest BCUT2D eigenvalue weighted by atomic mass is 10.2. The first kappa shape index (κ1) is 15.3. The fourth-order valence-electron chi connectivity index (χ4n) is 3.73. The van der Waals surface area contributed by atoms with E-state index in [1.165, 1.54) is 18.4 Å². The molecule has 6 nitrogen and oxygen atoms in total. The van der Waals surface area contributed by atoms with Gasteiger partial charge in [0.15, 0.2) is 0 Å². The lowest BCUT2D eigenvalue weighted by Gasteiger charge is -2.23. The maximum Gasteiger partial charge on any atom is 0.147 e. The van der Waals surface area contributed by atoms with E-state index in [2.05, 4.69) is 50.8 Å². The van der Waals surface area contributed by atoms with Crippen molar-refractivity contribution in [1.82, 2.24) is 29.0 Å². The predicted molar refractivity (Wildman–Crippen MR) is 92.9 cm³/mol. The molecule has 1 fully saturated rings. The average molecular weight is 324 g/mol. The highest BCUT2D eigenvalue weighted by Gasteiger charge is 2.26. The SMILES string of the molecule is Cc1nc(C)n(C[C@H]2CCCN2Cc2cn3cccc(C)c3n2)n1. The Morgan fingerprint density at radius 3 is 2.83 bits per heavy atom. The molecule has 3 aromatic rings. The molecule has 1 saturated heterocycles. The zero-order valence-corrected chi connectivity index (χ0v) is 14.6. The van der Waals surface area contributed by atoms with Gasteiger partial charge in [-0.15, -0.1) is 0 Å². The smallest absolute Gasteiger partial charge is 0.147 e. The van der Waals surface area contributed by atoms with E-state index in [-0.39, 0.29) is 0 Å². The number of nitrogens with zero attached hydrogens (tertiary/aromatic N) is 6. The largest absolute Gasteiger partial charge is 0.307 e. The van der Waals surface area contributed by atoms with Gasteiger partial charge in [0.2, 0.25) is 0 Å². The zero-order chi connectivity index (χ0) is 16.7. The minimum absolute atomic E-state index is 0.510. The number of hydrogen-bond acceptors (Lipinski definition) is 4. The van der Waals surface area contributed by atoms with Gasteiger partial charge in [-0.3, -0.25) is 4.90 Å². The Kier molecular flexibility index (Phi) is 3.84. The average Bonchev–Trinajstić information content (AvgIpc) is 3.21. The van der Waals surface area contributed by atoms with Gasteiger partial charge in [-0.05, 0) is 51.8 Å². The highest BCUT2D eigenvalue weighted by Crippen LogP contribution is 2.22. The second-order valence-corrected chi connectivity index (χ2v) is 6.81. The number of aromatic nitrogens is 5. The molecule has 0 saturated carbocycles. The summed E-state index contributed by atoms with van der Waals surface area (Å²) in [4.78, 5) is 11.8. The third kappa shape index (κ3) is 2.82. The third-order valence-electron chi connectivity index (χ3n) is 4.94. The molecule has 6 heteroatoms. The second-order valence-electron chi connectivity index (χ2n) is 6.81. The monoisotopic (exact) mass is 324 g/mol. The normalized spacial score (nSPS) is 18.7. The first-order chi connectivity index (χ1) is 11.6. The molecule has 126 valence electrons. The number of hydrogen-bond donors (Lipinski definition) is 0. The van der Waals surface area contributed by atoms with Crippen LogP contribution in [0.25, 0.3) is 5.65 Å². The summed E-state index contributed by atoms with van der Waals surface area (Å²) in [6.07, 6.45) is 6.68. The summed E-state index contributed by atoms with van der Waals surface area (Å²) in [6.45, 7) is 9.04. The fourth-order valence-corrected chi connectivity index (χ4v) is 3.73. The Hall–Kier alpha value is -2.21. The van der Waals surface area contributed by atoms with Crippen molar-refractivity contribution in [2.24, 2.45) is 0 Å². The molecule has 0 amide bonds. The summed E-state index contributed by atoms with van der Waals surface area (Å²) in [5.74, 6) is 1.86. The molecule has 0 aliphatic carbocycles. The molecule has 0 N–H and O–H groups in total. The van der Waals surface area contributed by atoms with E-state index in [0.717, 1.165) is 42.6 Å². The van der Waals surface area contributed by atoms with E-state index in [4.69, 9.17) is 4.98 Å². The molecule has 0 aromatic carbocycles. The maximum absolute atomic E-state index is 4.83. The number of fused-ring (bicyclic) bond motifs is 1. The van der Waals surface area contributed by atoms with Gasteiger partial charge >= 0.3 is 0 Å². The van der Waals surface area contributed by atoms with Crippen LogP contribution >= 0.6 is 0 Å². The van der Waals surface area contributed by atoms with Crippen LogP contribution in [0.4, 0.5) is 0 Å². The molecule has 0 spiro atoms. The van der Waals surface area contributed by atoms with Crippen LogP contribution in [0.5, 0.6) is 0 Å². The van der Waals surface area contributed by atoms with Crippen LogP contribution < -0.4 is 0 Å². The van der Waals surface area contributed by atoms with Crippen LogP contribution in [-0.2, 0) is 13.1 Å². The van der Waals surface area contributed by atoms with E-state index in [0.29, 0.717) is 6.04 Å². The van der Waals surface area contributed by atoms with Crippen LogP contribution in [-0.4, -0.2) is 41.6 Å². The molecule has 3 aromatic heterocycles. The van der Waals surface area contributed by atoms with Crippen LogP contribution in [0, 0.1) is 20.8 Å². The van der Waals surface area contributed by atoms with Crippen molar-refractivity contribution in [3.8, 4) is 0 Å². The minimum Gasteiger partial charge on any atom is -0.307 e. The Morgan fingerprint density at radius 2 is 2.08 bits per heavy atom. The molecule has 0 bridgehead atoms. The number of likely N-dealkylation sites (tertiary alicyclic amines) is 1. The lowest BCUT2D eigenvalue weighted by molar-refractivity contribution is 0.216. The summed E-state index contributed by atoms with van der Waals surface area (Å²) >= 11 is 0. The molecule has 1 aliphatic heterocycles. The second kappa shape index (κ2) is 6.02. The van der Waals surface area contributed by atoms with E-state index in [9.17, 15) is 0 Å². The van der Waals surface area contributed by atoms with Gasteiger partial charge in [0.1, 0.15) is 17.3 Å². The predicted octanol–water partition coefficient (Wildman–Crippen LogP) is 2.52. The van der Waals surface area contributed by atoms with Gasteiger partial charge in [-0.1, -0.05) is 6.07 Å². The number of pyridine rings is 1. The Morgan fingerprint density at radius 1 is 1.21 bits per heavy atom. The standard InChI is InChI=1S/C18H24N6/c1-13-6-4-9-23-11-16(20-18(13)23)10-22-8-5-7-17(22)12-24-15(3)19-14(2)21-24/h4,6,9,11,17H,5,7-8,10,12H2,1-3H3/t17-/m1/s1. The molecule has 0 radical (unpaired) electrons. The molecule has 4 heterocycles. The van der Waals surface area contributed by atoms with Crippen LogP contribution in [0.15, 0.2) is 24.5 Å². The van der Waals surface area contributed by atoms with Gasteiger partial charge in [0, 0.05) is 25.0 Å². The van der Waals surface area contributed by atoms with Gasteiger partial charge in [-0.25, -0.2) is 14.6 Å². The fraction of sp³-hybridized carbons (Fsp3) is 0.500. The Labute approximate surface area is 142 Å². The first-order valence-corrected chi connectivity index (χ1v) is 8.65.